The van der Waals surface area contributed by atoms with E-state index in [2.05, 4.69) is 108 Å². The largest absolute Gasteiger partial charge is 0.352 e. The van der Waals surface area contributed by atoms with Gasteiger partial charge in [-0.25, -0.2) is 0 Å². The van der Waals surface area contributed by atoms with Crippen LogP contribution in [0.4, 0.5) is 17.8 Å². The second kappa shape index (κ2) is 13.0. The summed E-state index contributed by atoms with van der Waals surface area (Å²) in [5, 5.41) is 3.58. The lowest BCUT2D eigenvalue weighted by molar-refractivity contribution is -0.0129. The van der Waals surface area contributed by atoms with Gasteiger partial charge in [0.25, 0.3) is 0 Å². The van der Waals surface area contributed by atoms with Gasteiger partial charge in [-0.15, -0.1) is 0 Å². The van der Waals surface area contributed by atoms with Crippen molar-refractivity contribution in [3.05, 3.63) is 0 Å². The quantitative estimate of drug-likeness (QED) is 0.253. The zero-order valence-electron chi connectivity index (χ0n) is 30.1. The van der Waals surface area contributed by atoms with Gasteiger partial charge in [0.2, 0.25) is 17.8 Å². The summed E-state index contributed by atoms with van der Waals surface area (Å²) >= 11 is 0. The summed E-state index contributed by atoms with van der Waals surface area (Å²) in [4.78, 5) is 26.2. The molecule has 1 saturated carbocycles. The van der Waals surface area contributed by atoms with Crippen LogP contribution >= 0.6 is 0 Å². The highest BCUT2D eigenvalue weighted by molar-refractivity contribution is 5.47. The molecule has 8 nitrogen and oxygen atoms in total. The smallest absolute Gasteiger partial charge is 0.232 e. The van der Waals surface area contributed by atoms with Crippen LogP contribution in [0.25, 0.3) is 0 Å². The minimum Gasteiger partial charge on any atom is -0.352 e. The van der Waals surface area contributed by atoms with Gasteiger partial charge in [0.05, 0.1) is 0 Å². The van der Waals surface area contributed by atoms with E-state index in [4.69, 9.17) is 15.0 Å². The van der Waals surface area contributed by atoms with Crippen molar-refractivity contribution in [2.45, 2.75) is 180 Å². The molecular formula is C35H66N8. The molecule has 246 valence electrons. The molecule has 1 spiro atoms. The zero-order valence-corrected chi connectivity index (χ0v) is 30.1. The van der Waals surface area contributed by atoms with Gasteiger partial charge >= 0.3 is 0 Å². The third-order valence-corrected chi connectivity index (χ3v) is 11.6. The number of rotatable bonds is 13. The van der Waals surface area contributed by atoms with E-state index in [-0.39, 0.29) is 22.7 Å². The lowest BCUT2D eigenvalue weighted by Crippen LogP contribution is -2.63. The van der Waals surface area contributed by atoms with Crippen LogP contribution in [0, 0.1) is 0 Å². The molecule has 2 atom stereocenters. The fourth-order valence-electron chi connectivity index (χ4n) is 8.17. The summed E-state index contributed by atoms with van der Waals surface area (Å²) < 4.78 is 0. The first-order valence-electron chi connectivity index (χ1n) is 17.6. The Kier molecular flexibility index (Phi) is 10.3. The Labute approximate surface area is 264 Å². The van der Waals surface area contributed by atoms with E-state index < -0.39 is 0 Å². The lowest BCUT2D eigenvalue weighted by atomic mass is 9.77. The number of unbranched alkanes of at least 4 members (excludes halogenated alkanes) is 2. The Morgan fingerprint density at radius 2 is 1.23 bits per heavy atom. The maximum atomic E-state index is 5.44. The van der Waals surface area contributed by atoms with E-state index in [1.807, 2.05) is 0 Å². The van der Waals surface area contributed by atoms with Crippen molar-refractivity contribution < 1.29 is 0 Å². The number of aromatic nitrogens is 3. The topological polar surface area (TPSA) is 63.7 Å². The fraction of sp³-hybridized carbons (Fsp3) is 0.914. The van der Waals surface area contributed by atoms with Gasteiger partial charge in [-0.05, 0) is 120 Å². The molecule has 3 aliphatic rings. The standard InChI is InChI=1S/C35H66N8/c1-13-16-20-42(27-22-32(6,7)40(11)33(8,9)23-27)30-37-29(36-26(4)5)38-31(39-30)43(21-17-14-2)28-24-34(10,15-3)41(12)35(25-28)18-19-35/h26-28H,13-25H2,1-12H3,(H,36,37,38,39). The molecule has 0 amide bonds. The van der Waals surface area contributed by atoms with Crippen LogP contribution in [0.2, 0.25) is 0 Å². The van der Waals surface area contributed by atoms with Gasteiger partial charge in [0.1, 0.15) is 0 Å². The van der Waals surface area contributed by atoms with Crippen molar-refractivity contribution in [3.63, 3.8) is 0 Å². The lowest BCUT2D eigenvalue weighted by Gasteiger charge is -2.55. The molecule has 0 radical (unpaired) electrons. The van der Waals surface area contributed by atoms with Gasteiger partial charge in [-0.3, -0.25) is 9.80 Å². The third-order valence-electron chi connectivity index (χ3n) is 11.6. The number of likely N-dealkylation sites (tertiary alicyclic amines) is 2. The first kappa shape index (κ1) is 34.2. The maximum absolute atomic E-state index is 5.44. The fourth-order valence-corrected chi connectivity index (χ4v) is 8.17. The number of anilines is 3. The van der Waals surface area contributed by atoms with E-state index in [1.54, 1.807) is 0 Å². The van der Waals surface area contributed by atoms with Crippen molar-refractivity contribution in [1.29, 1.82) is 0 Å². The Morgan fingerprint density at radius 3 is 1.65 bits per heavy atom. The van der Waals surface area contributed by atoms with Gasteiger partial charge in [-0.2, -0.15) is 15.0 Å². The predicted molar refractivity (Wildman–Crippen MR) is 183 cm³/mol. The average molecular weight is 599 g/mol. The maximum Gasteiger partial charge on any atom is 0.232 e. The Bertz CT molecular complexity index is 1050. The summed E-state index contributed by atoms with van der Waals surface area (Å²) in [6, 6.07) is 1.06. The molecule has 1 aromatic rings. The zero-order chi connectivity index (χ0) is 31.8. The third kappa shape index (κ3) is 7.26. The van der Waals surface area contributed by atoms with Gasteiger partial charge in [-0.1, -0.05) is 33.6 Å². The van der Waals surface area contributed by atoms with Crippen molar-refractivity contribution in [1.82, 2.24) is 24.8 Å². The highest BCUT2D eigenvalue weighted by atomic mass is 15.4. The van der Waals surface area contributed by atoms with Gasteiger partial charge in [0.15, 0.2) is 0 Å². The van der Waals surface area contributed by atoms with Crippen molar-refractivity contribution in [3.8, 4) is 0 Å². The highest BCUT2D eigenvalue weighted by Gasteiger charge is 2.57. The summed E-state index contributed by atoms with van der Waals surface area (Å²) in [6.45, 7) is 25.3. The molecule has 4 rings (SSSR count). The Hall–Kier alpha value is -1.67. The molecule has 3 heterocycles. The van der Waals surface area contributed by atoms with Crippen LogP contribution in [-0.4, -0.2) is 92.2 Å². The molecular weight excluding hydrogens is 532 g/mol. The van der Waals surface area contributed by atoms with Crippen molar-refractivity contribution in [2.24, 2.45) is 0 Å². The molecule has 2 saturated heterocycles. The molecule has 1 aliphatic carbocycles. The summed E-state index contributed by atoms with van der Waals surface area (Å²) in [5.74, 6) is 2.45. The predicted octanol–water partition coefficient (Wildman–Crippen LogP) is 7.35. The first-order chi connectivity index (χ1) is 20.1. The molecule has 8 heteroatoms. The van der Waals surface area contributed by atoms with E-state index in [9.17, 15) is 0 Å². The molecule has 3 fully saturated rings. The van der Waals surface area contributed by atoms with Crippen LogP contribution in [0.1, 0.15) is 140 Å². The second-order valence-corrected chi connectivity index (χ2v) is 16.1. The highest BCUT2D eigenvalue weighted by Crippen LogP contribution is 2.54. The van der Waals surface area contributed by atoms with E-state index in [1.165, 1.54) is 25.7 Å². The summed E-state index contributed by atoms with van der Waals surface area (Å²) in [6.07, 6.45) is 12.9. The SMILES string of the molecule is CCCCN(c1nc(NC(C)C)nc(N(CCCC)C2CC(C)(CC)N(C)C3(CC3)C2)n1)C1CC(C)(C)N(C)C(C)(C)C1. The summed E-state index contributed by atoms with van der Waals surface area (Å²) in [7, 11) is 4.67. The Balaban J connectivity index is 1.79. The van der Waals surface area contributed by atoms with Gasteiger partial charge in [0, 0.05) is 53.4 Å². The molecule has 43 heavy (non-hydrogen) atoms. The van der Waals surface area contributed by atoms with Crippen molar-refractivity contribution >= 4 is 17.8 Å². The minimum absolute atomic E-state index is 0.0935. The molecule has 0 bridgehead atoms. The van der Waals surface area contributed by atoms with E-state index in [0.717, 1.165) is 75.9 Å². The summed E-state index contributed by atoms with van der Waals surface area (Å²) in [5.41, 5.74) is 0.717. The van der Waals surface area contributed by atoms with Crippen LogP contribution in [-0.2, 0) is 0 Å². The van der Waals surface area contributed by atoms with Crippen LogP contribution in [0.3, 0.4) is 0 Å². The van der Waals surface area contributed by atoms with E-state index >= 15 is 0 Å². The van der Waals surface area contributed by atoms with Crippen LogP contribution in [0.15, 0.2) is 0 Å². The van der Waals surface area contributed by atoms with E-state index in [0.29, 0.717) is 17.6 Å². The number of piperidine rings is 2. The average Bonchev–Trinajstić information content (AvgIpc) is 3.70. The Morgan fingerprint density at radius 1 is 0.744 bits per heavy atom. The number of hydrogen-bond donors (Lipinski definition) is 1. The normalized spacial score (nSPS) is 27.0. The molecule has 1 aromatic heterocycles. The first-order valence-corrected chi connectivity index (χ1v) is 17.6. The van der Waals surface area contributed by atoms with Crippen LogP contribution < -0.4 is 15.1 Å². The molecule has 2 unspecified atom stereocenters. The van der Waals surface area contributed by atoms with Crippen molar-refractivity contribution in [2.75, 3.05) is 42.3 Å². The molecule has 1 N–H and O–H groups in total. The number of hydrogen-bond acceptors (Lipinski definition) is 8. The van der Waals surface area contributed by atoms with Gasteiger partial charge < -0.3 is 15.1 Å². The minimum atomic E-state index is 0.0935. The number of nitrogens with zero attached hydrogens (tertiary/aromatic N) is 7. The monoisotopic (exact) mass is 599 g/mol. The second-order valence-electron chi connectivity index (χ2n) is 16.1. The number of nitrogens with one attached hydrogen (secondary N) is 1. The molecule has 0 aromatic carbocycles. The molecule has 2 aliphatic heterocycles. The van der Waals surface area contributed by atoms with Crippen LogP contribution in [0.5, 0.6) is 0 Å².